The van der Waals surface area contributed by atoms with Crippen molar-refractivity contribution in [2.45, 2.75) is 43.5 Å². The van der Waals surface area contributed by atoms with Gasteiger partial charge in [-0.3, -0.25) is 0 Å². The Bertz CT molecular complexity index is 570. The Morgan fingerprint density at radius 1 is 1.35 bits per heavy atom. The van der Waals surface area contributed by atoms with Crippen molar-refractivity contribution in [1.82, 2.24) is 4.31 Å². The van der Waals surface area contributed by atoms with Crippen LogP contribution in [0.1, 0.15) is 31.2 Å². The van der Waals surface area contributed by atoms with Crippen LogP contribution in [0.25, 0.3) is 0 Å². The zero-order chi connectivity index (χ0) is 14.8. The molecule has 0 aliphatic heterocycles. The SMILES string of the molecule is Cc1cc(S(=O)(=O)N(CCCCO)C2CC2)ccc1F. The minimum Gasteiger partial charge on any atom is -0.396 e. The Balaban J connectivity index is 2.23. The molecular formula is C14H20FNO3S. The first-order chi connectivity index (χ1) is 9.46. The average Bonchev–Trinajstić information content (AvgIpc) is 3.22. The molecule has 0 unspecified atom stereocenters. The lowest BCUT2D eigenvalue weighted by molar-refractivity contribution is 0.275. The number of halogens is 1. The van der Waals surface area contributed by atoms with Crippen molar-refractivity contribution in [1.29, 1.82) is 0 Å². The van der Waals surface area contributed by atoms with E-state index in [-0.39, 0.29) is 17.5 Å². The smallest absolute Gasteiger partial charge is 0.243 e. The zero-order valence-electron chi connectivity index (χ0n) is 11.5. The molecule has 0 aromatic heterocycles. The van der Waals surface area contributed by atoms with Gasteiger partial charge in [-0.1, -0.05) is 0 Å². The largest absolute Gasteiger partial charge is 0.396 e. The van der Waals surface area contributed by atoms with E-state index in [0.29, 0.717) is 24.9 Å². The van der Waals surface area contributed by atoms with Crippen LogP contribution in [0.4, 0.5) is 4.39 Å². The first-order valence-corrected chi connectivity index (χ1v) is 8.29. The minimum atomic E-state index is -3.57. The molecule has 0 amide bonds. The van der Waals surface area contributed by atoms with Gasteiger partial charge in [0, 0.05) is 19.2 Å². The van der Waals surface area contributed by atoms with Crippen molar-refractivity contribution in [2.24, 2.45) is 0 Å². The monoisotopic (exact) mass is 301 g/mol. The average molecular weight is 301 g/mol. The Labute approximate surface area is 119 Å². The number of rotatable bonds is 7. The van der Waals surface area contributed by atoms with Crippen molar-refractivity contribution in [3.63, 3.8) is 0 Å². The molecule has 1 aromatic carbocycles. The molecule has 1 aliphatic carbocycles. The number of aliphatic hydroxyl groups excluding tert-OH is 1. The molecule has 0 spiro atoms. The summed E-state index contributed by atoms with van der Waals surface area (Å²) in [6.07, 6.45) is 2.96. The van der Waals surface area contributed by atoms with Crippen molar-refractivity contribution in [3.8, 4) is 0 Å². The molecule has 1 N–H and O–H groups in total. The summed E-state index contributed by atoms with van der Waals surface area (Å²) < 4.78 is 40.0. The second-order valence-electron chi connectivity index (χ2n) is 5.19. The number of nitrogens with zero attached hydrogens (tertiary/aromatic N) is 1. The first-order valence-electron chi connectivity index (χ1n) is 6.85. The molecule has 112 valence electrons. The predicted molar refractivity (Wildman–Crippen MR) is 74.4 cm³/mol. The van der Waals surface area contributed by atoms with Gasteiger partial charge in [0.1, 0.15) is 5.82 Å². The third-order valence-electron chi connectivity index (χ3n) is 3.48. The summed E-state index contributed by atoms with van der Waals surface area (Å²) in [5.41, 5.74) is 0.331. The Morgan fingerprint density at radius 3 is 2.60 bits per heavy atom. The highest BCUT2D eigenvalue weighted by atomic mass is 32.2. The molecule has 0 radical (unpaired) electrons. The van der Waals surface area contributed by atoms with Crippen LogP contribution >= 0.6 is 0 Å². The summed E-state index contributed by atoms with van der Waals surface area (Å²) in [6.45, 7) is 2.03. The van der Waals surface area contributed by atoms with Crippen LogP contribution < -0.4 is 0 Å². The van der Waals surface area contributed by atoms with E-state index in [1.54, 1.807) is 6.92 Å². The third kappa shape index (κ3) is 3.37. The Hall–Kier alpha value is -0.980. The second-order valence-corrected chi connectivity index (χ2v) is 7.08. The highest BCUT2D eigenvalue weighted by Crippen LogP contribution is 2.32. The summed E-state index contributed by atoms with van der Waals surface area (Å²) in [4.78, 5) is 0.146. The van der Waals surface area contributed by atoms with Crippen molar-refractivity contribution >= 4 is 10.0 Å². The fraction of sp³-hybridized carbons (Fsp3) is 0.571. The molecule has 6 heteroatoms. The topological polar surface area (TPSA) is 57.6 Å². The van der Waals surface area contributed by atoms with Gasteiger partial charge in [0.25, 0.3) is 0 Å². The summed E-state index contributed by atoms with van der Waals surface area (Å²) in [7, 11) is -3.57. The van der Waals surface area contributed by atoms with Crippen LogP contribution in [0.15, 0.2) is 23.1 Å². The highest BCUT2D eigenvalue weighted by Gasteiger charge is 2.37. The number of sulfonamides is 1. The van der Waals surface area contributed by atoms with Gasteiger partial charge in [-0.2, -0.15) is 4.31 Å². The van der Waals surface area contributed by atoms with Crippen LogP contribution in [0.2, 0.25) is 0 Å². The van der Waals surface area contributed by atoms with E-state index in [4.69, 9.17) is 5.11 Å². The predicted octanol–water partition coefficient (Wildman–Crippen LogP) is 2.06. The van der Waals surface area contributed by atoms with Gasteiger partial charge in [-0.05, 0) is 56.4 Å². The summed E-state index contributed by atoms with van der Waals surface area (Å²) >= 11 is 0. The van der Waals surface area contributed by atoms with Gasteiger partial charge >= 0.3 is 0 Å². The number of unbranched alkanes of at least 4 members (excludes halogenated alkanes) is 1. The zero-order valence-corrected chi connectivity index (χ0v) is 12.4. The van der Waals surface area contributed by atoms with E-state index in [9.17, 15) is 12.8 Å². The molecule has 0 bridgehead atoms. The van der Waals surface area contributed by atoms with Gasteiger partial charge in [-0.15, -0.1) is 0 Å². The van der Waals surface area contributed by atoms with E-state index in [1.807, 2.05) is 0 Å². The van der Waals surface area contributed by atoms with Crippen LogP contribution in [0.5, 0.6) is 0 Å². The van der Waals surface area contributed by atoms with Gasteiger partial charge in [0.05, 0.1) is 4.90 Å². The maximum atomic E-state index is 13.3. The van der Waals surface area contributed by atoms with Crippen LogP contribution in [-0.2, 0) is 10.0 Å². The lowest BCUT2D eigenvalue weighted by Gasteiger charge is -2.22. The molecule has 1 saturated carbocycles. The maximum Gasteiger partial charge on any atom is 0.243 e. The fourth-order valence-electron chi connectivity index (χ4n) is 2.15. The van der Waals surface area contributed by atoms with Gasteiger partial charge in [-0.25, -0.2) is 12.8 Å². The molecule has 0 atom stereocenters. The van der Waals surface area contributed by atoms with E-state index < -0.39 is 15.8 Å². The molecule has 2 rings (SSSR count). The van der Waals surface area contributed by atoms with Gasteiger partial charge in [0.2, 0.25) is 10.0 Å². The van der Waals surface area contributed by atoms with Crippen LogP contribution in [0.3, 0.4) is 0 Å². The van der Waals surface area contributed by atoms with Crippen molar-refractivity contribution in [3.05, 3.63) is 29.6 Å². The molecule has 1 fully saturated rings. The molecule has 1 aromatic rings. The molecule has 4 nitrogen and oxygen atoms in total. The number of aliphatic hydroxyl groups is 1. The summed E-state index contributed by atoms with van der Waals surface area (Å²) in [6, 6.07) is 3.95. The van der Waals surface area contributed by atoms with E-state index in [1.165, 1.54) is 22.5 Å². The van der Waals surface area contributed by atoms with Crippen LogP contribution in [-0.4, -0.2) is 37.0 Å². The summed E-state index contributed by atoms with van der Waals surface area (Å²) in [5.74, 6) is -0.401. The number of benzene rings is 1. The lowest BCUT2D eigenvalue weighted by atomic mass is 10.2. The molecule has 20 heavy (non-hydrogen) atoms. The Morgan fingerprint density at radius 2 is 2.05 bits per heavy atom. The normalized spacial score (nSPS) is 15.8. The quantitative estimate of drug-likeness (QED) is 0.784. The molecule has 1 aliphatic rings. The van der Waals surface area contributed by atoms with Crippen LogP contribution in [0, 0.1) is 12.7 Å². The Kier molecular flexibility index (Phi) is 4.78. The maximum absolute atomic E-state index is 13.3. The fourth-order valence-corrected chi connectivity index (χ4v) is 3.96. The summed E-state index contributed by atoms with van der Waals surface area (Å²) in [5, 5.41) is 8.81. The lowest BCUT2D eigenvalue weighted by Crippen LogP contribution is -2.34. The number of aryl methyl sites for hydroxylation is 1. The van der Waals surface area contributed by atoms with Gasteiger partial charge in [0.15, 0.2) is 0 Å². The number of hydrogen-bond acceptors (Lipinski definition) is 3. The van der Waals surface area contributed by atoms with Crippen molar-refractivity contribution < 1.29 is 17.9 Å². The van der Waals surface area contributed by atoms with Gasteiger partial charge < -0.3 is 5.11 Å². The number of hydrogen-bond donors (Lipinski definition) is 1. The molecule has 0 heterocycles. The van der Waals surface area contributed by atoms with Crippen molar-refractivity contribution in [2.75, 3.05) is 13.2 Å². The first kappa shape index (κ1) is 15.4. The van der Waals surface area contributed by atoms with E-state index >= 15 is 0 Å². The molecular weight excluding hydrogens is 281 g/mol. The third-order valence-corrected chi connectivity index (χ3v) is 5.42. The minimum absolute atomic E-state index is 0.0593. The highest BCUT2D eigenvalue weighted by molar-refractivity contribution is 7.89. The van der Waals surface area contributed by atoms with E-state index in [2.05, 4.69) is 0 Å². The van der Waals surface area contributed by atoms with E-state index in [0.717, 1.165) is 12.8 Å². The standard InChI is InChI=1S/C14H20FNO3S/c1-11-10-13(6-7-14(11)15)20(18,19)16(12-4-5-12)8-2-3-9-17/h6-7,10,12,17H,2-5,8-9H2,1H3. The second kappa shape index (κ2) is 6.20. The molecule has 0 saturated heterocycles.